The predicted molar refractivity (Wildman–Crippen MR) is 135 cm³/mol. The second-order valence-corrected chi connectivity index (χ2v) is 8.06. The van der Waals surface area contributed by atoms with E-state index in [0.717, 1.165) is 17.0 Å². The van der Waals surface area contributed by atoms with Gasteiger partial charge in [0.25, 0.3) is 5.91 Å². The van der Waals surface area contributed by atoms with Crippen LogP contribution in [0.2, 0.25) is 0 Å². The van der Waals surface area contributed by atoms with Crippen molar-refractivity contribution >= 4 is 11.9 Å². The van der Waals surface area contributed by atoms with E-state index >= 15 is 0 Å². The van der Waals surface area contributed by atoms with E-state index in [0.29, 0.717) is 24.7 Å². The summed E-state index contributed by atoms with van der Waals surface area (Å²) in [7, 11) is 3.61. The Morgan fingerprint density at radius 2 is 1.83 bits per heavy atom. The van der Waals surface area contributed by atoms with Crippen LogP contribution in [-0.4, -0.2) is 65.1 Å². The van der Waals surface area contributed by atoms with Gasteiger partial charge < -0.3 is 22.7 Å². The summed E-state index contributed by atoms with van der Waals surface area (Å²) in [6, 6.07) is 15.9. The SMILES string of the molecule is CC(Nc1nccc(-n2ccc(-c3ccccc3)n2)n1)c1ccnn1C.CN1CCC(O)C1=O.[CH3-].[Cs+]. The first-order valence-corrected chi connectivity index (χ1v) is 11.0. The van der Waals surface area contributed by atoms with Crippen LogP contribution < -0.4 is 74.2 Å². The van der Waals surface area contributed by atoms with E-state index in [4.69, 9.17) is 5.11 Å². The molecular weight excluding hydrogens is 577 g/mol. The zero-order chi connectivity index (χ0) is 24.1. The molecule has 3 aromatic heterocycles. The first kappa shape index (κ1) is 30.2. The zero-order valence-electron chi connectivity index (χ0n) is 21.4. The molecule has 4 aromatic rings. The maximum atomic E-state index is 10.6. The molecule has 2 atom stereocenters. The predicted octanol–water partition coefficient (Wildman–Crippen LogP) is -0.100. The van der Waals surface area contributed by atoms with Crippen molar-refractivity contribution in [1.29, 1.82) is 0 Å². The van der Waals surface area contributed by atoms with Gasteiger partial charge in [0.1, 0.15) is 6.10 Å². The van der Waals surface area contributed by atoms with Crippen LogP contribution in [0.3, 0.4) is 0 Å². The summed E-state index contributed by atoms with van der Waals surface area (Å²) >= 11 is 0. The number of likely N-dealkylation sites (tertiary alicyclic amines) is 1. The number of nitrogens with one attached hydrogen (secondary N) is 1. The molecule has 1 aromatic carbocycles. The van der Waals surface area contributed by atoms with Crippen molar-refractivity contribution in [2.24, 2.45) is 7.05 Å². The van der Waals surface area contributed by atoms with Crippen LogP contribution >= 0.6 is 0 Å². The van der Waals surface area contributed by atoms with Crippen molar-refractivity contribution in [2.45, 2.75) is 25.5 Å². The second-order valence-electron chi connectivity index (χ2n) is 8.06. The van der Waals surface area contributed by atoms with E-state index in [2.05, 4.69) is 32.4 Å². The van der Waals surface area contributed by atoms with Crippen molar-refractivity contribution in [3.8, 4) is 17.1 Å². The molecule has 1 aliphatic rings. The molecule has 36 heavy (non-hydrogen) atoms. The smallest absolute Gasteiger partial charge is 0.383 e. The summed E-state index contributed by atoms with van der Waals surface area (Å²) in [5.41, 5.74) is 3.04. The number of hydrogen-bond donors (Lipinski definition) is 2. The third kappa shape index (κ3) is 7.51. The van der Waals surface area contributed by atoms with E-state index in [-0.39, 0.29) is 88.3 Å². The largest absolute Gasteiger partial charge is 1.00 e. The Bertz CT molecular complexity index is 1230. The van der Waals surface area contributed by atoms with Gasteiger partial charge in [0.2, 0.25) is 5.95 Å². The van der Waals surface area contributed by atoms with Crippen LogP contribution in [0.1, 0.15) is 25.1 Å². The van der Waals surface area contributed by atoms with Gasteiger partial charge in [0, 0.05) is 50.9 Å². The van der Waals surface area contributed by atoms with Gasteiger partial charge in [0.05, 0.1) is 17.4 Å². The second kappa shape index (κ2) is 14.1. The van der Waals surface area contributed by atoms with Gasteiger partial charge in [-0.25, -0.2) is 9.67 Å². The van der Waals surface area contributed by atoms with E-state index in [9.17, 15) is 4.79 Å². The number of carbonyl (C=O) groups is 1. The number of anilines is 1. The van der Waals surface area contributed by atoms with Gasteiger partial charge >= 0.3 is 68.9 Å². The number of likely N-dealkylation sites (N-methyl/N-ethyl adjacent to an activating group) is 1. The number of amides is 1. The molecule has 0 aliphatic carbocycles. The molecule has 0 bridgehead atoms. The summed E-state index contributed by atoms with van der Waals surface area (Å²) in [5.74, 6) is 1.11. The Labute approximate surface area is 270 Å². The topological polar surface area (TPSA) is 114 Å². The van der Waals surface area contributed by atoms with E-state index < -0.39 is 6.10 Å². The summed E-state index contributed by atoms with van der Waals surface area (Å²) < 4.78 is 3.59. The fraction of sp³-hybridized carbons (Fsp3) is 0.280. The summed E-state index contributed by atoms with van der Waals surface area (Å²) in [4.78, 5) is 21.0. The van der Waals surface area contributed by atoms with Crippen molar-refractivity contribution in [3.63, 3.8) is 0 Å². The molecule has 1 amide bonds. The fourth-order valence-corrected chi connectivity index (χ4v) is 3.64. The molecule has 184 valence electrons. The number of hydrogen-bond acceptors (Lipinski definition) is 7. The monoisotopic (exact) mass is 608 g/mol. The Kier molecular flexibility index (Phi) is 11.8. The van der Waals surface area contributed by atoms with Crippen molar-refractivity contribution in [1.82, 2.24) is 34.4 Å². The number of carbonyl (C=O) groups excluding carboxylic acids is 1. The molecule has 1 saturated heterocycles. The van der Waals surface area contributed by atoms with Crippen LogP contribution in [-0.2, 0) is 11.8 Å². The van der Waals surface area contributed by atoms with Gasteiger partial charge in [-0.05, 0) is 25.5 Å². The number of aromatic nitrogens is 6. The maximum Gasteiger partial charge on any atom is 1.00 e. The first-order chi connectivity index (χ1) is 16.4. The third-order valence-corrected chi connectivity index (χ3v) is 5.58. The van der Waals surface area contributed by atoms with Gasteiger partial charge in [-0.3, -0.25) is 9.48 Å². The van der Waals surface area contributed by atoms with Crippen LogP contribution in [0, 0.1) is 7.43 Å². The molecule has 2 unspecified atom stereocenters. The summed E-state index contributed by atoms with van der Waals surface area (Å²) in [6.07, 6.45) is 5.28. The van der Waals surface area contributed by atoms with Gasteiger partial charge in [-0.15, -0.1) is 0 Å². The van der Waals surface area contributed by atoms with Crippen LogP contribution in [0.5, 0.6) is 0 Å². The summed E-state index contributed by atoms with van der Waals surface area (Å²) in [5, 5.41) is 20.9. The van der Waals surface area contributed by atoms with Gasteiger partial charge in [-0.1, -0.05) is 30.3 Å². The number of aliphatic hydroxyl groups is 1. The Hall–Kier alpha value is -2.00. The van der Waals surface area contributed by atoms with E-state index in [1.54, 1.807) is 24.1 Å². The van der Waals surface area contributed by atoms with Gasteiger partial charge in [-0.2, -0.15) is 15.2 Å². The number of benzene rings is 1. The quantitative estimate of drug-likeness (QED) is 0.305. The molecule has 2 N–H and O–H groups in total. The molecule has 0 saturated carbocycles. The number of aryl methyl sites for hydroxylation is 1. The fourth-order valence-electron chi connectivity index (χ4n) is 3.64. The summed E-state index contributed by atoms with van der Waals surface area (Å²) in [6.45, 7) is 2.74. The molecule has 1 aliphatic heterocycles. The molecule has 4 heterocycles. The average molecular weight is 608 g/mol. The Balaban J connectivity index is 0.000000393. The first-order valence-electron chi connectivity index (χ1n) is 11.0. The minimum atomic E-state index is -0.722. The molecular formula is C25H31CsN8O2. The standard InChI is InChI=1S/C19H19N7.C5H9NO2.CH3.Cs/c1-14(17-8-12-21-25(17)2)22-19-20-11-9-18(23-19)26-13-10-16(24-26)15-6-4-3-5-7-15;1-6-3-2-4(7)5(6)8;;/h3-14H,1-2H3,(H,20,22,23);4,7H,2-3H2,1H3;1H3;/q;;-1;+1. The molecule has 5 rings (SSSR count). The normalized spacial score (nSPS) is 15.3. The van der Waals surface area contributed by atoms with Gasteiger partial charge in [0.15, 0.2) is 5.82 Å². The third-order valence-electron chi connectivity index (χ3n) is 5.58. The van der Waals surface area contributed by atoms with E-state index in [1.807, 2.05) is 66.5 Å². The zero-order valence-corrected chi connectivity index (χ0v) is 27.7. The molecule has 10 nitrogen and oxygen atoms in total. The van der Waals surface area contributed by atoms with Crippen molar-refractivity contribution in [3.05, 3.63) is 80.2 Å². The maximum absolute atomic E-state index is 10.6. The Morgan fingerprint density at radius 3 is 2.42 bits per heavy atom. The molecule has 0 radical (unpaired) electrons. The van der Waals surface area contributed by atoms with Crippen LogP contribution in [0.25, 0.3) is 17.1 Å². The van der Waals surface area contributed by atoms with Crippen molar-refractivity contribution < 1.29 is 78.8 Å². The van der Waals surface area contributed by atoms with E-state index in [1.165, 1.54) is 4.90 Å². The minimum absolute atomic E-state index is 0. The van der Waals surface area contributed by atoms with Crippen LogP contribution in [0.15, 0.2) is 67.1 Å². The number of nitrogens with zero attached hydrogens (tertiary/aromatic N) is 7. The van der Waals surface area contributed by atoms with Crippen molar-refractivity contribution in [2.75, 3.05) is 18.9 Å². The Morgan fingerprint density at radius 1 is 1.08 bits per heavy atom. The number of aliphatic hydroxyl groups excluding tert-OH is 1. The molecule has 1 fully saturated rings. The average Bonchev–Trinajstić information content (AvgIpc) is 3.58. The molecule has 11 heteroatoms. The van der Waals surface area contributed by atoms with Crippen LogP contribution in [0.4, 0.5) is 5.95 Å². The number of rotatable bonds is 5. The molecule has 0 spiro atoms. The minimum Gasteiger partial charge on any atom is -0.383 e.